The predicted octanol–water partition coefficient (Wildman–Crippen LogP) is 2.24. The highest BCUT2D eigenvalue weighted by molar-refractivity contribution is 6.07. The van der Waals surface area contributed by atoms with Gasteiger partial charge in [0.1, 0.15) is 5.82 Å². The van der Waals surface area contributed by atoms with Crippen LogP contribution >= 0.6 is 0 Å². The molecule has 21 heavy (non-hydrogen) atoms. The Bertz CT molecular complexity index is 852. The van der Waals surface area contributed by atoms with Gasteiger partial charge < -0.3 is 4.90 Å². The highest BCUT2D eigenvalue weighted by Crippen LogP contribution is 2.28. The maximum Gasteiger partial charge on any atom is 0.258 e. The number of hydrogen-bond donors (Lipinski definition) is 0. The Morgan fingerprint density at radius 1 is 1.19 bits per heavy atom. The lowest BCUT2D eigenvalue weighted by Crippen LogP contribution is -2.28. The van der Waals surface area contributed by atoms with Crippen LogP contribution < -0.4 is 4.90 Å². The highest BCUT2D eigenvalue weighted by atomic mass is 16.2. The number of carbonyl (C=O) groups is 1. The van der Waals surface area contributed by atoms with Crippen molar-refractivity contribution >= 4 is 17.2 Å². The molecule has 0 atom stereocenters. The molecular formula is C16H14N4O. The molecule has 5 heteroatoms. The molecule has 3 aromatic rings. The van der Waals surface area contributed by atoms with Gasteiger partial charge in [0.05, 0.1) is 0 Å². The minimum absolute atomic E-state index is 0.0168. The van der Waals surface area contributed by atoms with E-state index in [9.17, 15) is 4.79 Å². The van der Waals surface area contributed by atoms with Crippen molar-refractivity contribution in [2.24, 2.45) is 0 Å². The number of benzene rings is 1. The molecule has 0 radical (unpaired) electrons. The number of rotatable bonds is 1. The molecule has 0 aliphatic carbocycles. The Hall–Kier alpha value is -2.69. The van der Waals surface area contributed by atoms with Gasteiger partial charge in [-0.2, -0.15) is 0 Å². The van der Waals surface area contributed by atoms with Gasteiger partial charge in [-0.15, -0.1) is 10.2 Å². The monoisotopic (exact) mass is 278 g/mol. The first-order valence-corrected chi connectivity index (χ1v) is 6.95. The minimum Gasteiger partial charge on any atom is -0.308 e. The van der Waals surface area contributed by atoms with Gasteiger partial charge in [-0.25, -0.2) is 0 Å². The van der Waals surface area contributed by atoms with E-state index in [0.717, 1.165) is 24.5 Å². The summed E-state index contributed by atoms with van der Waals surface area (Å²) in [6.07, 6.45) is 2.76. The van der Waals surface area contributed by atoms with E-state index in [1.54, 1.807) is 6.07 Å². The van der Waals surface area contributed by atoms with E-state index in [1.807, 2.05) is 46.7 Å². The maximum absolute atomic E-state index is 12.7. The van der Waals surface area contributed by atoms with Crippen molar-refractivity contribution < 1.29 is 4.79 Å². The zero-order valence-electron chi connectivity index (χ0n) is 11.7. The van der Waals surface area contributed by atoms with Crippen molar-refractivity contribution in [2.45, 2.75) is 13.3 Å². The third-order valence-electron chi connectivity index (χ3n) is 3.96. The van der Waals surface area contributed by atoms with Crippen molar-refractivity contribution in [1.29, 1.82) is 0 Å². The van der Waals surface area contributed by atoms with Crippen LogP contribution in [0.5, 0.6) is 0 Å². The summed E-state index contributed by atoms with van der Waals surface area (Å²) in [6.45, 7) is 2.62. The first kappa shape index (κ1) is 12.1. The average molecular weight is 278 g/mol. The molecule has 4 rings (SSSR count). The predicted molar refractivity (Wildman–Crippen MR) is 79.5 cm³/mol. The van der Waals surface area contributed by atoms with Crippen LogP contribution in [0.25, 0.3) is 5.65 Å². The van der Waals surface area contributed by atoms with E-state index < -0.39 is 0 Å². The zero-order valence-corrected chi connectivity index (χ0v) is 11.7. The molecule has 0 saturated carbocycles. The van der Waals surface area contributed by atoms with Crippen LogP contribution in [0.4, 0.5) is 5.69 Å². The lowest BCUT2D eigenvalue weighted by Gasteiger charge is -2.17. The molecule has 0 N–H and O–H groups in total. The molecule has 3 heterocycles. The smallest absolute Gasteiger partial charge is 0.258 e. The Morgan fingerprint density at radius 3 is 2.95 bits per heavy atom. The summed E-state index contributed by atoms with van der Waals surface area (Å²) in [5, 5.41) is 8.09. The number of para-hydroxylation sites is 1. The number of nitrogens with zero attached hydrogens (tertiary/aromatic N) is 4. The first-order chi connectivity index (χ1) is 10.2. The number of amides is 1. The fourth-order valence-corrected chi connectivity index (χ4v) is 2.85. The number of pyridine rings is 1. The fourth-order valence-electron chi connectivity index (χ4n) is 2.85. The van der Waals surface area contributed by atoms with Crippen molar-refractivity contribution in [3.63, 3.8) is 0 Å². The molecule has 0 unspecified atom stereocenters. The average Bonchev–Trinajstić information content (AvgIpc) is 3.10. The van der Waals surface area contributed by atoms with Crippen LogP contribution in [0.15, 0.2) is 42.6 Å². The topological polar surface area (TPSA) is 50.5 Å². The molecule has 2 aromatic heterocycles. The van der Waals surface area contributed by atoms with Crippen LogP contribution in [-0.2, 0) is 6.42 Å². The minimum atomic E-state index is 0.0168. The number of aromatic nitrogens is 3. The van der Waals surface area contributed by atoms with Crippen molar-refractivity contribution in [3.05, 3.63) is 59.5 Å². The Kier molecular flexibility index (Phi) is 2.54. The van der Waals surface area contributed by atoms with E-state index in [-0.39, 0.29) is 5.91 Å². The van der Waals surface area contributed by atoms with Gasteiger partial charge >= 0.3 is 0 Å². The Labute approximate surface area is 121 Å². The van der Waals surface area contributed by atoms with Crippen LogP contribution in [-0.4, -0.2) is 27.0 Å². The highest BCUT2D eigenvalue weighted by Gasteiger charge is 2.25. The van der Waals surface area contributed by atoms with E-state index >= 15 is 0 Å². The summed E-state index contributed by atoms with van der Waals surface area (Å²) >= 11 is 0. The second kappa shape index (κ2) is 4.41. The van der Waals surface area contributed by atoms with Crippen LogP contribution in [0.2, 0.25) is 0 Å². The van der Waals surface area contributed by atoms with Crippen molar-refractivity contribution in [1.82, 2.24) is 14.6 Å². The van der Waals surface area contributed by atoms with Gasteiger partial charge in [0.15, 0.2) is 5.65 Å². The lowest BCUT2D eigenvalue weighted by molar-refractivity contribution is 0.0989. The summed E-state index contributed by atoms with van der Waals surface area (Å²) in [6, 6.07) is 11.7. The Morgan fingerprint density at radius 2 is 2.05 bits per heavy atom. The molecule has 0 spiro atoms. The number of carbonyl (C=O) groups excluding carboxylic acids is 1. The SMILES string of the molecule is Cc1nnc2cc(C(=O)N3CCc4ccccc43)ccn12. The molecule has 1 aliphatic heterocycles. The fraction of sp³-hybridized carbons (Fsp3) is 0.188. The number of hydrogen-bond acceptors (Lipinski definition) is 3. The van der Waals surface area contributed by atoms with Gasteiger partial charge in [-0.3, -0.25) is 9.20 Å². The number of fused-ring (bicyclic) bond motifs is 2. The maximum atomic E-state index is 12.7. The molecule has 1 aromatic carbocycles. The summed E-state index contributed by atoms with van der Waals surface area (Å²) in [5.41, 5.74) is 3.59. The van der Waals surface area contributed by atoms with E-state index in [0.29, 0.717) is 11.2 Å². The van der Waals surface area contributed by atoms with Crippen molar-refractivity contribution in [2.75, 3.05) is 11.4 Å². The molecular weight excluding hydrogens is 264 g/mol. The summed E-state index contributed by atoms with van der Waals surface area (Å²) in [7, 11) is 0. The molecule has 0 bridgehead atoms. The van der Waals surface area contributed by atoms with E-state index in [1.165, 1.54) is 5.56 Å². The lowest BCUT2D eigenvalue weighted by atomic mass is 10.2. The van der Waals surface area contributed by atoms with Gasteiger partial charge in [-0.1, -0.05) is 18.2 Å². The second-order valence-corrected chi connectivity index (χ2v) is 5.23. The standard InChI is InChI=1S/C16H14N4O/c1-11-17-18-15-10-13(7-8-19(11)15)16(21)20-9-6-12-4-2-3-5-14(12)20/h2-5,7-8,10H,6,9H2,1H3. The number of anilines is 1. The van der Waals surface area contributed by atoms with Crippen LogP contribution in [0, 0.1) is 6.92 Å². The van der Waals surface area contributed by atoms with E-state index in [4.69, 9.17) is 0 Å². The third kappa shape index (κ3) is 1.81. The summed E-state index contributed by atoms with van der Waals surface area (Å²) in [5.74, 6) is 0.832. The molecule has 0 saturated heterocycles. The van der Waals surface area contributed by atoms with Crippen LogP contribution in [0.3, 0.4) is 0 Å². The summed E-state index contributed by atoms with van der Waals surface area (Å²) < 4.78 is 1.87. The van der Waals surface area contributed by atoms with Crippen molar-refractivity contribution in [3.8, 4) is 0 Å². The Balaban J connectivity index is 1.74. The quantitative estimate of drug-likeness (QED) is 0.686. The number of aryl methyl sites for hydroxylation is 1. The summed E-state index contributed by atoms with van der Waals surface area (Å²) in [4.78, 5) is 14.6. The van der Waals surface area contributed by atoms with Gasteiger partial charge in [-0.05, 0) is 37.1 Å². The first-order valence-electron chi connectivity index (χ1n) is 6.95. The van der Waals surface area contributed by atoms with Gasteiger partial charge in [0.2, 0.25) is 0 Å². The zero-order chi connectivity index (χ0) is 14.4. The largest absolute Gasteiger partial charge is 0.308 e. The molecule has 0 fully saturated rings. The molecule has 1 aliphatic rings. The van der Waals surface area contributed by atoms with Gasteiger partial charge in [0.25, 0.3) is 5.91 Å². The molecule has 104 valence electrons. The molecule has 5 nitrogen and oxygen atoms in total. The third-order valence-corrected chi connectivity index (χ3v) is 3.96. The molecule has 1 amide bonds. The normalized spacial score (nSPS) is 13.7. The van der Waals surface area contributed by atoms with Gasteiger partial charge in [0, 0.05) is 24.0 Å². The van der Waals surface area contributed by atoms with Crippen LogP contribution in [0.1, 0.15) is 21.7 Å². The second-order valence-electron chi connectivity index (χ2n) is 5.23. The van der Waals surface area contributed by atoms with E-state index in [2.05, 4.69) is 16.3 Å².